The van der Waals surface area contributed by atoms with Gasteiger partial charge in [-0.25, -0.2) is 0 Å². The Hall–Kier alpha value is -1.75. The van der Waals surface area contributed by atoms with Crippen molar-refractivity contribution in [1.82, 2.24) is 5.32 Å². The van der Waals surface area contributed by atoms with Crippen LogP contribution in [0.15, 0.2) is 18.2 Å². The van der Waals surface area contributed by atoms with Crippen LogP contribution < -0.4 is 20.5 Å². The van der Waals surface area contributed by atoms with E-state index in [9.17, 15) is 4.79 Å². The quantitative estimate of drug-likeness (QED) is 0.829. The molecule has 2 saturated carbocycles. The van der Waals surface area contributed by atoms with Crippen LogP contribution in [-0.4, -0.2) is 25.2 Å². The number of hydrogen-bond acceptors (Lipinski definition) is 4. The van der Waals surface area contributed by atoms with Gasteiger partial charge in [-0.05, 0) is 69.6 Å². The Labute approximate surface area is 150 Å². The van der Waals surface area contributed by atoms with Gasteiger partial charge in [-0.3, -0.25) is 4.79 Å². The van der Waals surface area contributed by atoms with Gasteiger partial charge in [-0.1, -0.05) is 6.07 Å². The molecule has 1 amide bonds. The topological polar surface area (TPSA) is 73.6 Å². The van der Waals surface area contributed by atoms with Crippen LogP contribution in [0.1, 0.15) is 63.5 Å². The third-order valence-electron chi connectivity index (χ3n) is 5.49. The summed E-state index contributed by atoms with van der Waals surface area (Å²) in [4.78, 5) is 12.4. The van der Waals surface area contributed by atoms with Gasteiger partial charge in [0.2, 0.25) is 5.91 Å². The summed E-state index contributed by atoms with van der Waals surface area (Å²) in [6.07, 6.45) is 7.60. The number of nitrogens with one attached hydrogen (secondary N) is 1. The molecule has 3 atom stereocenters. The average molecular weight is 346 g/mol. The molecule has 3 N–H and O–H groups in total. The van der Waals surface area contributed by atoms with Crippen LogP contribution in [-0.2, 0) is 4.79 Å². The maximum Gasteiger partial charge on any atom is 0.223 e. The summed E-state index contributed by atoms with van der Waals surface area (Å²) < 4.78 is 11.6. The monoisotopic (exact) mass is 346 g/mol. The summed E-state index contributed by atoms with van der Waals surface area (Å²) in [5, 5.41) is 3.11. The lowest BCUT2D eigenvalue weighted by atomic mass is 10.0. The van der Waals surface area contributed by atoms with E-state index < -0.39 is 0 Å². The fraction of sp³-hybridized carbons (Fsp3) is 0.650. The second kappa shape index (κ2) is 8.09. The van der Waals surface area contributed by atoms with Crippen LogP contribution in [0.3, 0.4) is 0 Å². The highest BCUT2D eigenvalue weighted by Crippen LogP contribution is 2.34. The maximum absolute atomic E-state index is 12.4. The van der Waals surface area contributed by atoms with Gasteiger partial charge in [0.05, 0.1) is 19.3 Å². The van der Waals surface area contributed by atoms with Crippen molar-refractivity contribution in [3.05, 3.63) is 23.8 Å². The second-order valence-corrected chi connectivity index (χ2v) is 7.43. The van der Waals surface area contributed by atoms with Crippen molar-refractivity contribution in [3.8, 4) is 11.5 Å². The van der Waals surface area contributed by atoms with Gasteiger partial charge in [-0.15, -0.1) is 0 Å². The predicted molar refractivity (Wildman–Crippen MR) is 97.8 cm³/mol. The molecular formula is C20H30N2O3. The van der Waals surface area contributed by atoms with Crippen molar-refractivity contribution in [1.29, 1.82) is 0 Å². The molecule has 0 heterocycles. The SMILES string of the molecule is COc1cc(C(C)NC(=O)C2CCC(N)C2)ccc1OC1CCCC1. The number of rotatable bonds is 6. The Morgan fingerprint density at radius 3 is 2.60 bits per heavy atom. The molecule has 0 aliphatic heterocycles. The Bertz CT molecular complexity index is 599. The smallest absolute Gasteiger partial charge is 0.223 e. The Kier molecular flexibility index (Phi) is 5.84. The maximum atomic E-state index is 12.4. The molecule has 0 bridgehead atoms. The number of benzene rings is 1. The van der Waals surface area contributed by atoms with Crippen LogP contribution in [0.4, 0.5) is 0 Å². The lowest BCUT2D eigenvalue weighted by molar-refractivity contribution is -0.125. The first-order chi connectivity index (χ1) is 12.1. The van der Waals surface area contributed by atoms with Gasteiger partial charge in [-0.2, -0.15) is 0 Å². The van der Waals surface area contributed by atoms with E-state index in [1.807, 2.05) is 25.1 Å². The number of ether oxygens (including phenoxy) is 2. The second-order valence-electron chi connectivity index (χ2n) is 7.43. The third kappa shape index (κ3) is 4.46. The highest BCUT2D eigenvalue weighted by atomic mass is 16.5. The molecule has 25 heavy (non-hydrogen) atoms. The van der Waals surface area contributed by atoms with Gasteiger partial charge < -0.3 is 20.5 Å². The number of carbonyl (C=O) groups excluding carboxylic acids is 1. The lowest BCUT2D eigenvalue weighted by Crippen LogP contribution is -2.32. The number of hydrogen-bond donors (Lipinski definition) is 2. The van der Waals surface area contributed by atoms with Gasteiger partial charge in [0, 0.05) is 12.0 Å². The highest BCUT2D eigenvalue weighted by Gasteiger charge is 2.28. The van der Waals surface area contributed by atoms with Crippen LogP contribution in [0.2, 0.25) is 0 Å². The van der Waals surface area contributed by atoms with Crippen molar-refractivity contribution in [2.75, 3.05) is 7.11 Å². The largest absolute Gasteiger partial charge is 0.493 e. The van der Waals surface area contributed by atoms with Crippen molar-refractivity contribution in [2.24, 2.45) is 11.7 Å². The van der Waals surface area contributed by atoms with Gasteiger partial charge in [0.25, 0.3) is 0 Å². The number of carbonyl (C=O) groups is 1. The molecule has 1 aromatic carbocycles. The van der Waals surface area contributed by atoms with Crippen molar-refractivity contribution < 1.29 is 14.3 Å². The minimum Gasteiger partial charge on any atom is -0.493 e. The Balaban J connectivity index is 1.63. The van der Waals surface area contributed by atoms with E-state index in [1.54, 1.807) is 7.11 Å². The van der Waals surface area contributed by atoms with E-state index in [1.165, 1.54) is 12.8 Å². The van der Waals surface area contributed by atoms with Crippen molar-refractivity contribution in [3.63, 3.8) is 0 Å². The fourth-order valence-electron chi connectivity index (χ4n) is 3.91. The normalized spacial score (nSPS) is 24.9. The number of nitrogens with two attached hydrogens (primary N) is 1. The standard InChI is InChI=1S/C20H30N2O3/c1-13(22-20(23)15-7-9-16(21)11-15)14-8-10-18(19(12-14)24-2)25-17-5-3-4-6-17/h8,10,12-13,15-17H,3-7,9,11,21H2,1-2H3,(H,22,23). The summed E-state index contributed by atoms with van der Waals surface area (Å²) in [5.41, 5.74) is 6.94. The van der Waals surface area contributed by atoms with Gasteiger partial charge in [0.1, 0.15) is 0 Å². The first-order valence-electron chi connectivity index (χ1n) is 9.47. The van der Waals surface area contributed by atoms with Crippen LogP contribution >= 0.6 is 0 Å². The predicted octanol–water partition coefficient (Wildman–Crippen LogP) is 3.32. The first kappa shape index (κ1) is 18.1. The molecule has 2 aliphatic carbocycles. The van der Waals surface area contributed by atoms with Gasteiger partial charge >= 0.3 is 0 Å². The highest BCUT2D eigenvalue weighted by molar-refractivity contribution is 5.79. The molecule has 0 spiro atoms. The molecule has 2 fully saturated rings. The molecule has 0 aromatic heterocycles. The molecule has 5 heteroatoms. The minimum absolute atomic E-state index is 0.0457. The molecule has 0 radical (unpaired) electrons. The lowest BCUT2D eigenvalue weighted by Gasteiger charge is -2.20. The molecule has 1 aromatic rings. The first-order valence-corrected chi connectivity index (χ1v) is 9.47. The molecule has 5 nitrogen and oxygen atoms in total. The molecule has 2 aliphatic rings. The molecule has 3 rings (SSSR count). The average Bonchev–Trinajstić information content (AvgIpc) is 3.26. The number of amides is 1. The number of methoxy groups -OCH3 is 1. The molecular weight excluding hydrogens is 316 g/mol. The minimum atomic E-state index is -0.0706. The third-order valence-corrected chi connectivity index (χ3v) is 5.49. The Morgan fingerprint density at radius 1 is 1.20 bits per heavy atom. The summed E-state index contributed by atoms with van der Waals surface area (Å²) in [6.45, 7) is 2.00. The van der Waals surface area contributed by atoms with Crippen LogP contribution in [0.25, 0.3) is 0 Å². The Morgan fingerprint density at radius 2 is 1.96 bits per heavy atom. The van der Waals surface area contributed by atoms with Gasteiger partial charge in [0.15, 0.2) is 11.5 Å². The molecule has 0 saturated heterocycles. The van der Waals surface area contributed by atoms with Crippen molar-refractivity contribution >= 4 is 5.91 Å². The summed E-state index contributed by atoms with van der Waals surface area (Å²) in [6, 6.07) is 6.03. The fourth-order valence-corrected chi connectivity index (χ4v) is 3.91. The van der Waals surface area contributed by atoms with Crippen LogP contribution in [0.5, 0.6) is 11.5 Å². The van der Waals surface area contributed by atoms with E-state index in [0.717, 1.165) is 49.2 Å². The van der Waals surface area contributed by atoms with Crippen LogP contribution in [0, 0.1) is 5.92 Å². The summed E-state index contributed by atoms with van der Waals surface area (Å²) >= 11 is 0. The van der Waals surface area contributed by atoms with E-state index in [-0.39, 0.29) is 23.9 Å². The zero-order valence-corrected chi connectivity index (χ0v) is 15.3. The molecule has 3 unspecified atom stereocenters. The summed E-state index contributed by atoms with van der Waals surface area (Å²) in [5.74, 6) is 1.67. The van der Waals surface area contributed by atoms with Crippen molar-refractivity contribution in [2.45, 2.75) is 70.1 Å². The zero-order valence-electron chi connectivity index (χ0n) is 15.3. The zero-order chi connectivity index (χ0) is 17.8. The summed E-state index contributed by atoms with van der Waals surface area (Å²) in [7, 11) is 1.66. The molecule has 138 valence electrons. The van der Waals surface area contributed by atoms with E-state index in [2.05, 4.69) is 5.32 Å². The van der Waals surface area contributed by atoms with E-state index >= 15 is 0 Å². The van der Waals surface area contributed by atoms with E-state index in [0.29, 0.717) is 6.10 Å². The van der Waals surface area contributed by atoms with E-state index in [4.69, 9.17) is 15.2 Å².